The topological polar surface area (TPSA) is 23.1 Å². The highest BCUT2D eigenvalue weighted by Gasteiger charge is 2.36. The molecule has 0 amide bonds. The first-order valence-electron chi connectivity index (χ1n) is 4.80. The van der Waals surface area contributed by atoms with E-state index in [1.807, 2.05) is 6.92 Å². The van der Waals surface area contributed by atoms with Crippen molar-refractivity contribution >= 4 is 0 Å². The average Bonchev–Trinajstić information content (AvgIpc) is 2.02. The molecular weight excluding hydrogens is 138 g/mol. The molecule has 1 aliphatic rings. The Bertz CT molecular complexity index is 123. The Hall–Kier alpha value is -0.0800. The van der Waals surface area contributed by atoms with Gasteiger partial charge in [-0.15, -0.1) is 0 Å². The molecule has 2 nitrogen and oxygen atoms in total. The zero-order chi connectivity index (χ0) is 8.32. The van der Waals surface area contributed by atoms with E-state index in [1.54, 1.807) is 0 Å². The lowest BCUT2D eigenvalue weighted by Gasteiger charge is -2.56. The zero-order valence-electron chi connectivity index (χ0n) is 7.68. The maximum absolute atomic E-state index is 11.7. The van der Waals surface area contributed by atoms with Crippen LogP contribution in [-0.4, -0.2) is 23.8 Å². The monoisotopic (exact) mass is 157 g/mol. The van der Waals surface area contributed by atoms with Gasteiger partial charge in [0.05, 0.1) is 19.1 Å². The molecule has 0 radical (unpaired) electrons. The third-order valence-corrected chi connectivity index (χ3v) is 2.93. The maximum Gasteiger partial charge on any atom is 0.0941 e. The van der Waals surface area contributed by atoms with Gasteiger partial charge in [-0.3, -0.25) is 0 Å². The number of quaternary nitrogens is 1. The van der Waals surface area contributed by atoms with Crippen LogP contribution in [0, 0.1) is 5.21 Å². The number of likely N-dealkylation sites (tertiary alicyclic amines) is 1. The van der Waals surface area contributed by atoms with E-state index in [9.17, 15) is 5.21 Å². The summed E-state index contributed by atoms with van der Waals surface area (Å²) in [5.74, 6) is 0. The van der Waals surface area contributed by atoms with E-state index in [-0.39, 0.29) is 4.65 Å². The number of unbranched alkanes of at least 4 members (excludes halogenated alkanes) is 1. The highest BCUT2D eigenvalue weighted by molar-refractivity contribution is 4.70. The van der Waals surface area contributed by atoms with Crippen molar-refractivity contribution in [3.63, 3.8) is 0 Å². The largest absolute Gasteiger partial charge is 0.633 e. The fraction of sp³-hybridized carbons (Fsp3) is 1.00. The van der Waals surface area contributed by atoms with Gasteiger partial charge in [0.1, 0.15) is 0 Å². The van der Waals surface area contributed by atoms with Crippen LogP contribution < -0.4 is 0 Å². The minimum absolute atomic E-state index is 0.0972. The van der Waals surface area contributed by atoms with Crippen molar-refractivity contribution in [1.29, 1.82) is 0 Å². The van der Waals surface area contributed by atoms with Crippen LogP contribution in [-0.2, 0) is 0 Å². The second-order valence-corrected chi connectivity index (χ2v) is 3.58. The fourth-order valence-electron chi connectivity index (χ4n) is 1.84. The first-order valence-corrected chi connectivity index (χ1v) is 4.80. The first kappa shape index (κ1) is 9.01. The van der Waals surface area contributed by atoms with E-state index in [4.69, 9.17) is 0 Å². The van der Waals surface area contributed by atoms with Crippen molar-refractivity contribution in [1.82, 2.24) is 0 Å². The normalized spacial score (nSPS) is 36.8. The highest BCUT2D eigenvalue weighted by Crippen LogP contribution is 2.30. The van der Waals surface area contributed by atoms with E-state index in [1.165, 1.54) is 12.8 Å². The summed E-state index contributed by atoms with van der Waals surface area (Å²) in [6.45, 7) is 5.83. The Morgan fingerprint density at radius 1 is 1.45 bits per heavy atom. The average molecular weight is 157 g/mol. The lowest BCUT2D eigenvalue weighted by molar-refractivity contribution is -0.944. The maximum atomic E-state index is 11.7. The molecule has 2 atom stereocenters. The van der Waals surface area contributed by atoms with Crippen LogP contribution in [0.25, 0.3) is 0 Å². The molecule has 0 aromatic carbocycles. The van der Waals surface area contributed by atoms with Gasteiger partial charge in [0, 0.05) is 6.42 Å². The van der Waals surface area contributed by atoms with Crippen LogP contribution >= 0.6 is 0 Å². The first-order chi connectivity index (χ1) is 5.23. The van der Waals surface area contributed by atoms with Gasteiger partial charge >= 0.3 is 0 Å². The van der Waals surface area contributed by atoms with Crippen LogP contribution in [0.1, 0.15) is 39.5 Å². The molecule has 1 rings (SSSR count). The molecule has 11 heavy (non-hydrogen) atoms. The van der Waals surface area contributed by atoms with Crippen LogP contribution in [0.4, 0.5) is 0 Å². The van der Waals surface area contributed by atoms with E-state index >= 15 is 0 Å². The molecular formula is C9H19NO. The molecule has 0 spiro atoms. The predicted molar refractivity (Wildman–Crippen MR) is 47.0 cm³/mol. The van der Waals surface area contributed by atoms with Crippen molar-refractivity contribution in [3.8, 4) is 0 Å². The van der Waals surface area contributed by atoms with E-state index in [2.05, 4.69) is 6.92 Å². The summed E-state index contributed by atoms with van der Waals surface area (Å²) in [5.41, 5.74) is 0. The number of hydrogen-bond acceptors (Lipinski definition) is 1. The summed E-state index contributed by atoms with van der Waals surface area (Å²) in [5, 5.41) is 11.7. The molecule has 1 aliphatic heterocycles. The van der Waals surface area contributed by atoms with Crippen LogP contribution in [0.3, 0.4) is 0 Å². The molecule has 0 aromatic heterocycles. The van der Waals surface area contributed by atoms with Gasteiger partial charge < -0.3 is 9.85 Å². The van der Waals surface area contributed by atoms with Gasteiger partial charge in [0.2, 0.25) is 0 Å². The molecule has 1 fully saturated rings. The number of hydrogen-bond donors (Lipinski definition) is 0. The quantitative estimate of drug-likeness (QED) is 0.453. The van der Waals surface area contributed by atoms with Crippen molar-refractivity contribution in [3.05, 3.63) is 5.21 Å². The standard InChI is InChI=1S/C9H19NO/c1-3-5-6-9-7-8-10(9,11)4-2/h9H,3-8H2,1-2H3. The summed E-state index contributed by atoms with van der Waals surface area (Å²) in [6.07, 6.45) is 4.76. The van der Waals surface area contributed by atoms with E-state index < -0.39 is 0 Å². The zero-order valence-corrected chi connectivity index (χ0v) is 7.68. The van der Waals surface area contributed by atoms with Gasteiger partial charge in [0.15, 0.2) is 0 Å². The molecule has 2 unspecified atom stereocenters. The lowest BCUT2D eigenvalue weighted by atomic mass is 9.96. The van der Waals surface area contributed by atoms with E-state index in [0.717, 1.165) is 25.9 Å². The molecule has 0 bridgehead atoms. The molecule has 1 heterocycles. The Labute approximate surface area is 69.4 Å². The summed E-state index contributed by atoms with van der Waals surface area (Å²) >= 11 is 0. The SMILES string of the molecule is CCCCC1CC[N+]1([O-])CC. The number of nitrogens with zero attached hydrogens (tertiary/aromatic N) is 1. The third-order valence-electron chi connectivity index (χ3n) is 2.93. The smallest absolute Gasteiger partial charge is 0.0941 e. The molecule has 0 saturated carbocycles. The summed E-state index contributed by atoms with van der Waals surface area (Å²) < 4.78 is 0.0972. The minimum Gasteiger partial charge on any atom is -0.633 e. The molecule has 0 N–H and O–H groups in total. The van der Waals surface area contributed by atoms with Gasteiger partial charge in [-0.1, -0.05) is 13.3 Å². The minimum atomic E-state index is 0.0972. The van der Waals surface area contributed by atoms with Gasteiger partial charge in [0.25, 0.3) is 0 Å². The van der Waals surface area contributed by atoms with Gasteiger partial charge in [-0.05, 0) is 19.8 Å². The molecule has 0 aromatic rings. The molecule has 0 aliphatic carbocycles. The summed E-state index contributed by atoms with van der Waals surface area (Å²) in [7, 11) is 0. The van der Waals surface area contributed by atoms with Crippen molar-refractivity contribution < 1.29 is 4.65 Å². The molecule has 1 saturated heterocycles. The Morgan fingerprint density at radius 2 is 2.18 bits per heavy atom. The summed E-state index contributed by atoms with van der Waals surface area (Å²) in [6, 6.07) is 0.444. The predicted octanol–water partition coefficient (Wildman–Crippen LogP) is 2.28. The summed E-state index contributed by atoms with van der Waals surface area (Å²) in [4.78, 5) is 0. The molecule has 2 heteroatoms. The Morgan fingerprint density at radius 3 is 2.55 bits per heavy atom. The third kappa shape index (κ3) is 1.74. The lowest BCUT2D eigenvalue weighted by Crippen LogP contribution is -2.60. The van der Waals surface area contributed by atoms with Crippen LogP contribution in [0.2, 0.25) is 0 Å². The molecule has 66 valence electrons. The fourth-order valence-corrected chi connectivity index (χ4v) is 1.84. The van der Waals surface area contributed by atoms with Crippen LogP contribution in [0.5, 0.6) is 0 Å². The highest BCUT2D eigenvalue weighted by atomic mass is 16.6. The van der Waals surface area contributed by atoms with Crippen molar-refractivity contribution in [2.75, 3.05) is 13.1 Å². The second-order valence-electron chi connectivity index (χ2n) is 3.58. The number of hydroxylamine groups is 3. The van der Waals surface area contributed by atoms with Gasteiger partial charge in [-0.25, -0.2) is 0 Å². The Kier molecular flexibility index (Phi) is 2.90. The Balaban J connectivity index is 2.25. The van der Waals surface area contributed by atoms with Crippen molar-refractivity contribution in [2.45, 2.75) is 45.6 Å². The number of rotatable bonds is 4. The van der Waals surface area contributed by atoms with Crippen LogP contribution in [0.15, 0.2) is 0 Å². The van der Waals surface area contributed by atoms with E-state index in [0.29, 0.717) is 6.04 Å². The van der Waals surface area contributed by atoms with Crippen molar-refractivity contribution in [2.24, 2.45) is 0 Å². The second kappa shape index (κ2) is 3.55. The van der Waals surface area contributed by atoms with Gasteiger partial charge in [-0.2, -0.15) is 0 Å².